The highest BCUT2D eigenvalue weighted by molar-refractivity contribution is 5.94. The van der Waals surface area contributed by atoms with Gasteiger partial charge in [0.2, 0.25) is 5.91 Å². The lowest BCUT2D eigenvalue weighted by atomic mass is 10.2. The molecule has 2 N–H and O–H groups in total. The molecule has 0 spiro atoms. The maximum absolute atomic E-state index is 11.5. The summed E-state index contributed by atoms with van der Waals surface area (Å²) in [5.41, 5.74) is 1.15. The van der Waals surface area contributed by atoms with Gasteiger partial charge in [-0.1, -0.05) is 0 Å². The van der Waals surface area contributed by atoms with Gasteiger partial charge in [-0.3, -0.25) is 9.69 Å². The molecule has 114 valence electrons. The molecule has 1 aromatic carbocycles. The van der Waals surface area contributed by atoms with E-state index in [1.165, 1.54) is 19.1 Å². The van der Waals surface area contributed by atoms with Crippen LogP contribution in [0, 0.1) is 0 Å². The molecule has 0 radical (unpaired) electrons. The Balaban J connectivity index is 2.56. The van der Waals surface area contributed by atoms with Crippen LogP contribution in [0.2, 0.25) is 0 Å². The van der Waals surface area contributed by atoms with Gasteiger partial charge in [0.15, 0.2) is 0 Å². The zero-order chi connectivity index (χ0) is 15.8. The van der Waals surface area contributed by atoms with Crippen molar-refractivity contribution >= 4 is 29.5 Å². The second-order valence-electron chi connectivity index (χ2n) is 3.97. The predicted octanol–water partition coefficient (Wildman–Crippen LogP) is 1.18. The van der Waals surface area contributed by atoms with E-state index < -0.39 is 18.1 Å². The maximum Gasteiger partial charge on any atom is 0.413 e. The maximum atomic E-state index is 11.5. The summed E-state index contributed by atoms with van der Waals surface area (Å²) in [6.07, 6.45) is -1.17. The molecular formula is C13H17N3O5. The number of benzene rings is 1. The smallest absolute Gasteiger partial charge is 0.413 e. The predicted molar refractivity (Wildman–Crippen MR) is 76.3 cm³/mol. The number of amides is 3. The second kappa shape index (κ2) is 7.73. The van der Waals surface area contributed by atoms with Crippen molar-refractivity contribution in [2.75, 3.05) is 38.0 Å². The van der Waals surface area contributed by atoms with Gasteiger partial charge in [0.25, 0.3) is 0 Å². The van der Waals surface area contributed by atoms with E-state index in [9.17, 15) is 14.4 Å². The molecule has 0 aromatic heterocycles. The minimum Gasteiger partial charge on any atom is -0.453 e. The summed E-state index contributed by atoms with van der Waals surface area (Å²) in [4.78, 5) is 35.0. The Kier molecular flexibility index (Phi) is 5.99. The number of hydrogen-bond donors (Lipinski definition) is 2. The Morgan fingerprint density at radius 3 is 2.24 bits per heavy atom. The van der Waals surface area contributed by atoms with Crippen molar-refractivity contribution in [1.29, 1.82) is 0 Å². The molecule has 0 fully saturated rings. The molecule has 8 nitrogen and oxygen atoms in total. The molecule has 0 unspecified atom stereocenters. The van der Waals surface area contributed by atoms with Gasteiger partial charge in [-0.15, -0.1) is 0 Å². The van der Waals surface area contributed by atoms with Gasteiger partial charge in [0.1, 0.15) is 6.54 Å². The lowest BCUT2D eigenvalue weighted by Crippen LogP contribution is -2.32. The van der Waals surface area contributed by atoms with Crippen LogP contribution in [0.3, 0.4) is 0 Å². The first-order chi connectivity index (χ1) is 9.97. The molecule has 0 saturated heterocycles. The molecule has 0 aliphatic heterocycles. The molecule has 0 atom stereocenters. The highest BCUT2D eigenvalue weighted by Gasteiger charge is 2.10. The van der Waals surface area contributed by atoms with Gasteiger partial charge in [-0.05, 0) is 24.3 Å². The van der Waals surface area contributed by atoms with Crippen LogP contribution in [-0.2, 0) is 14.3 Å². The van der Waals surface area contributed by atoms with Gasteiger partial charge < -0.3 is 20.1 Å². The number of methoxy groups -OCH3 is 2. The summed E-state index contributed by atoms with van der Waals surface area (Å²) in [6.45, 7) is -0.198. The Hall–Kier alpha value is -2.77. The third-order valence-corrected chi connectivity index (χ3v) is 2.57. The Morgan fingerprint density at radius 2 is 1.71 bits per heavy atom. The Labute approximate surface area is 122 Å². The molecular weight excluding hydrogens is 278 g/mol. The van der Waals surface area contributed by atoms with E-state index in [2.05, 4.69) is 20.1 Å². The number of rotatable bonds is 4. The molecule has 8 heteroatoms. The monoisotopic (exact) mass is 295 g/mol. The van der Waals surface area contributed by atoms with Crippen molar-refractivity contribution in [3.63, 3.8) is 0 Å². The molecule has 1 rings (SSSR count). The van der Waals surface area contributed by atoms with Crippen LogP contribution in [-0.4, -0.2) is 45.9 Å². The fraction of sp³-hybridized carbons (Fsp3) is 0.308. The number of alkyl carbamates (subject to hydrolysis) is 1. The highest BCUT2D eigenvalue weighted by Crippen LogP contribution is 2.17. The summed E-state index contributed by atoms with van der Waals surface area (Å²) in [7, 11) is 4.07. The van der Waals surface area contributed by atoms with E-state index in [0.29, 0.717) is 11.4 Å². The van der Waals surface area contributed by atoms with Crippen molar-refractivity contribution in [3.8, 4) is 0 Å². The van der Waals surface area contributed by atoms with Gasteiger partial charge >= 0.3 is 12.2 Å². The van der Waals surface area contributed by atoms with E-state index in [1.54, 1.807) is 31.3 Å². The van der Waals surface area contributed by atoms with Gasteiger partial charge in [-0.25, -0.2) is 9.59 Å². The number of nitrogens with zero attached hydrogens (tertiary/aromatic N) is 1. The molecule has 0 aliphatic carbocycles. The van der Waals surface area contributed by atoms with E-state index in [1.807, 2.05) is 0 Å². The third kappa shape index (κ3) is 5.01. The second-order valence-corrected chi connectivity index (χ2v) is 3.97. The van der Waals surface area contributed by atoms with Crippen LogP contribution < -0.4 is 15.5 Å². The number of anilines is 2. The minimum atomic E-state index is -0.680. The molecule has 1 aromatic rings. The van der Waals surface area contributed by atoms with Crippen LogP contribution in [0.25, 0.3) is 0 Å². The first kappa shape index (κ1) is 16.3. The van der Waals surface area contributed by atoms with E-state index >= 15 is 0 Å². The zero-order valence-electron chi connectivity index (χ0n) is 12.0. The summed E-state index contributed by atoms with van der Waals surface area (Å²) < 4.78 is 8.94. The summed E-state index contributed by atoms with van der Waals surface area (Å²) in [5.74, 6) is -0.394. The molecule has 0 heterocycles. The van der Waals surface area contributed by atoms with Gasteiger partial charge in [0.05, 0.1) is 14.2 Å². The zero-order valence-corrected chi connectivity index (χ0v) is 12.0. The van der Waals surface area contributed by atoms with Crippen molar-refractivity contribution in [3.05, 3.63) is 24.3 Å². The highest BCUT2D eigenvalue weighted by atomic mass is 16.5. The lowest BCUT2D eigenvalue weighted by molar-refractivity contribution is -0.115. The minimum absolute atomic E-state index is 0.198. The van der Waals surface area contributed by atoms with E-state index in [4.69, 9.17) is 0 Å². The average molecular weight is 295 g/mol. The lowest BCUT2D eigenvalue weighted by Gasteiger charge is -2.16. The Morgan fingerprint density at radius 1 is 1.10 bits per heavy atom. The normalized spacial score (nSPS) is 9.48. The van der Waals surface area contributed by atoms with Crippen molar-refractivity contribution in [1.82, 2.24) is 5.32 Å². The van der Waals surface area contributed by atoms with Crippen LogP contribution >= 0.6 is 0 Å². The van der Waals surface area contributed by atoms with Crippen LogP contribution in [0.15, 0.2) is 24.3 Å². The van der Waals surface area contributed by atoms with Gasteiger partial charge in [-0.2, -0.15) is 0 Å². The number of hydrogen-bond acceptors (Lipinski definition) is 5. The summed E-state index contributed by atoms with van der Waals surface area (Å²) in [6, 6.07) is 6.57. The van der Waals surface area contributed by atoms with E-state index in [-0.39, 0.29) is 6.54 Å². The topological polar surface area (TPSA) is 97.0 Å². The fourth-order valence-corrected chi connectivity index (χ4v) is 1.44. The fourth-order valence-electron chi connectivity index (χ4n) is 1.44. The number of nitrogens with one attached hydrogen (secondary N) is 2. The van der Waals surface area contributed by atoms with Crippen molar-refractivity contribution in [2.24, 2.45) is 0 Å². The first-order valence-electron chi connectivity index (χ1n) is 6.01. The molecule has 3 amide bonds. The summed E-state index contributed by atoms with van der Waals surface area (Å²) >= 11 is 0. The summed E-state index contributed by atoms with van der Waals surface area (Å²) in [5, 5.41) is 4.85. The van der Waals surface area contributed by atoms with Crippen LogP contribution in [0.4, 0.5) is 21.0 Å². The van der Waals surface area contributed by atoms with Crippen LogP contribution in [0.1, 0.15) is 0 Å². The van der Waals surface area contributed by atoms with Gasteiger partial charge in [0, 0.05) is 18.4 Å². The number of carbonyl (C=O) groups is 3. The average Bonchev–Trinajstić information content (AvgIpc) is 2.51. The molecule has 21 heavy (non-hydrogen) atoms. The SMILES string of the molecule is COC(=O)NCC(=O)Nc1ccc(N(C)C(=O)OC)cc1. The standard InChI is InChI=1S/C13H17N3O5/c1-16(13(19)21-3)10-6-4-9(5-7-10)15-11(17)8-14-12(18)20-2/h4-7H,8H2,1-3H3,(H,14,18)(H,15,17). The quantitative estimate of drug-likeness (QED) is 0.869. The van der Waals surface area contributed by atoms with Crippen LogP contribution in [0.5, 0.6) is 0 Å². The Bertz CT molecular complexity index is 515. The van der Waals surface area contributed by atoms with E-state index in [0.717, 1.165) is 0 Å². The molecule has 0 bridgehead atoms. The first-order valence-corrected chi connectivity index (χ1v) is 6.01. The molecule has 0 saturated carbocycles. The third-order valence-electron chi connectivity index (χ3n) is 2.57. The number of ether oxygens (including phenoxy) is 2. The van der Waals surface area contributed by atoms with Crippen molar-refractivity contribution < 1.29 is 23.9 Å². The number of carbonyl (C=O) groups excluding carboxylic acids is 3. The largest absolute Gasteiger partial charge is 0.453 e. The van der Waals surface area contributed by atoms with Crippen molar-refractivity contribution in [2.45, 2.75) is 0 Å². The molecule has 0 aliphatic rings.